The number of rotatable bonds is 1. The summed E-state index contributed by atoms with van der Waals surface area (Å²) in [6.07, 6.45) is 7.36. The summed E-state index contributed by atoms with van der Waals surface area (Å²) in [5.74, 6) is 0.118. The van der Waals surface area contributed by atoms with Gasteiger partial charge in [0.15, 0.2) is 0 Å². The summed E-state index contributed by atoms with van der Waals surface area (Å²) in [6, 6.07) is 11.5. The van der Waals surface area contributed by atoms with Crippen molar-refractivity contribution < 1.29 is 14.5 Å². The van der Waals surface area contributed by atoms with Gasteiger partial charge >= 0.3 is 7.12 Å². The van der Waals surface area contributed by atoms with Crippen LogP contribution in [0.3, 0.4) is 0 Å². The molecule has 6 nitrogen and oxygen atoms in total. The van der Waals surface area contributed by atoms with E-state index in [1.54, 1.807) is 6.20 Å². The van der Waals surface area contributed by atoms with Crippen LogP contribution in [0.1, 0.15) is 41.6 Å². The van der Waals surface area contributed by atoms with E-state index in [1.165, 1.54) is 0 Å². The van der Waals surface area contributed by atoms with Crippen LogP contribution in [0.15, 0.2) is 48.8 Å². The highest BCUT2D eigenvalue weighted by Gasteiger charge is 2.62. The normalized spacial score (nSPS) is 21.6. The minimum absolute atomic E-state index is 0.118. The number of hydrogen-bond acceptors (Lipinski definition) is 4. The summed E-state index contributed by atoms with van der Waals surface area (Å²) in [5.41, 5.74) is 3.25. The van der Waals surface area contributed by atoms with E-state index in [0.29, 0.717) is 0 Å². The van der Waals surface area contributed by atoms with Gasteiger partial charge in [0.25, 0.3) is 5.91 Å². The molecule has 2 fully saturated rings. The van der Waals surface area contributed by atoms with Crippen molar-refractivity contribution in [1.29, 1.82) is 0 Å². The number of hydrogen-bond donors (Lipinski definition) is 2. The molecule has 146 valence electrons. The molecule has 1 aliphatic carbocycles. The number of likely N-dealkylation sites (tertiary alicyclic amines) is 1. The Bertz CT molecular complexity index is 1100. The molecule has 2 spiro atoms. The SMILES string of the molecule is O=C(c1ccccc1)N1CCC2(CC1)CC1(C2)OB(O)c2cnc3[nH]ccc3c21. The van der Waals surface area contributed by atoms with Crippen molar-refractivity contribution in [3.8, 4) is 0 Å². The fraction of sp³-hybridized carbons (Fsp3) is 0.364. The Hall–Kier alpha value is -2.64. The number of amides is 1. The monoisotopic (exact) mass is 387 g/mol. The van der Waals surface area contributed by atoms with E-state index >= 15 is 0 Å². The van der Waals surface area contributed by atoms with Crippen LogP contribution < -0.4 is 5.46 Å². The smallest absolute Gasteiger partial charge is 0.423 e. The number of nitrogens with zero attached hydrogens (tertiary/aromatic N) is 2. The molecule has 29 heavy (non-hydrogen) atoms. The van der Waals surface area contributed by atoms with Crippen LogP contribution in [0.25, 0.3) is 11.0 Å². The molecule has 0 radical (unpaired) electrons. The maximum atomic E-state index is 12.7. The predicted octanol–water partition coefficient (Wildman–Crippen LogP) is 2.19. The van der Waals surface area contributed by atoms with Gasteiger partial charge in [-0.3, -0.25) is 4.79 Å². The molecule has 2 aliphatic heterocycles. The molecular weight excluding hydrogens is 365 g/mol. The summed E-state index contributed by atoms with van der Waals surface area (Å²) in [7, 11) is -0.908. The second-order valence-electron chi connectivity index (χ2n) is 8.80. The van der Waals surface area contributed by atoms with Crippen molar-refractivity contribution in [3.63, 3.8) is 0 Å². The first-order chi connectivity index (χ1) is 14.1. The fourth-order valence-electron chi connectivity index (χ4n) is 5.78. The Kier molecular flexibility index (Phi) is 3.53. The Balaban J connectivity index is 1.22. The summed E-state index contributed by atoms with van der Waals surface area (Å²) in [6.45, 7) is 1.55. The number of carbonyl (C=O) groups excluding carboxylic acids is 1. The second kappa shape index (κ2) is 5.94. The summed E-state index contributed by atoms with van der Waals surface area (Å²) < 4.78 is 6.12. The predicted molar refractivity (Wildman–Crippen MR) is 110 cm³/mol. The molecule has 1 aromatic carbocycles. The minimum Gasteiger partial charge on any atom is -0.423 e. The minimum atomic E-state index is -0.908. The molecule has 1 saturated carbocycles. The van der Waals surface area contributed by atoms with Crippen molar-refractivity contribution in [1.82, 2.24) is 14.9 Å². The van der Waals surface area contributed by atoms with Gasteiger partial charge in [-0.15, -0.1) is 0 Å². The lowest BCUT2D eigenvalue weighted by molar-refractivity contribution is -0.135. The highest BCUT2D eigenvalue weighted by Crippen LogP contribution is 2.62. The lowest BCUT2D eigenvalue weighted by Crippen LogP contribution is -2.55. The van der Waals surface area contributed by atoms with Crippen molar-refractivity contribution in [2.75, 3.05) is 13.1 Å². The van der Waals surface area contributed by atoms with Crippen molar-refractivity contribution in [3.05, 3.63) is 59.9 Å². The molecule has 0 unspecified atom stereocenters. The second-order valence-corrected chi connectivity index (χ2v) is 8.80. The van der Waals surface area contributed by atoms with Crippen LogP contribution in [-0.4, -0.2) is 46.0 Å². The lowest BCUT2D eigenvalue weighted by atomic mass is 9.53. The molecule has 0 bridgehead atoms. The Morgan fingerprint density at radius 2 is 1.93 bits per heavy atom. The fourth-order valence-corrected chi connectivity index (χ4v) is 5.78. The maximum Gasteiger partial charge on any atom is 0.493 e. The van der Waals surface area contributed by atoms with Gasteiger partial charge in [0.1, 0.15) is 5.65 Å². The van der Waals surface area contributed by atoms with Gasteiger partial charge in [-0.1, -0.05) is 18.2 Å². The van der Waals surface area contributed by atoms with Crippen molar-refractivity contribution in [2.24, 2.45) is 5.41 Å². The number of piperidine rings is 1. The Morgan fingerprint density at radius 3 is 2.69 bits per heavy atom. The van der Waals surface area contributed by atoms with E-state index < -0.39 is 12.7 Å². The van der Waals surface area contributed by atoms with E-state index in [9.17, 15) is 9.82 Å². The van der Waals surface area contributed by atoms with Crippen molar-refractivity contribution >= 4 is 29.5 Å². The van der Waals surface area contributed by atoms with E-state index in [-0.39, 0.29) is 11.3 Å². The van der Waals surface area contributed by atoms with Crippen LogP contribution in [-0.2, 0) is 10.3 Å². The lowest BCUT2D eigenvalue weighted by Gasteiger charge is -2.58. The van der Waals surface area contributed by atoms with Gasteiger partial charge in [0, 0.05) is 41.9 Å². The number of fused-ring (bicyclic) bond motifs is 4. The van der Waals surface area contributed by atoms with Gasteiger partial charge in [-0.25, -0.2) is 4.98 Å². The highest BCUT2D eigenvalue weighted by molar-refractivity contribution is 6.62. The van der Waals surface area contributed by atoms with Crippen LogP contribution in [0.4, 0.5) is 0 Å². The number of nitrogens with one attached hydrogen (secondary N) is 1. The summed E-state index contributed by atoms with van der Waals surface area (Å²) in [4.78, 5) is 22.3. The Morgan fingerprint density at radius 1 is 1.17 bits per heavy atom. The zero-order valence-corrected chi connectivity index (χ0v) is 16.1. The molecular formula is C22H22BN3O3. The largest absolute Gasteiger partial charge is 0.493 e. The van der Waals surface area contributed by atoms with Crippen LogP contribution in [0.5, 0.6) is 0 Å². The average molecular weight is 387 g/mol. The first kappa shape index (κ1) is 17.2. The van der Waals surface area contributed by atoms with Crippen molar-refractivity contribution in [2.45, 2.75) is 31.3 Å². The van der Waals surface area contributed by atoms with Gasteiger partial charge in [-0.05, 0) is 54.9 Å². The number of aromatic amines is 1. The van der Waals surface area contributed by atoms with Crippen LogP contribution >= 0.6 is 0 Å². The number of aromatic nitrogens is 2. The number of benzene rings is 1. The topological polar surface area (TPSA) is 78.5 Å². The zero-order valence-electron chi connectivity index (χ0n) is 16.1. The molecule has 3 aromatic rings. The summed E-state index contributed by atoms with van der Waals surface area (Å²) >= 11 is 0. The molecule has 1 amide bonds. The number of carbonyl (C=O) groups is 1. The van der Waals surface area contributed by atoms with Gasteiger partial charge in [-0.2, -0.15) is 0 Å². The van der Waals surface area contributed by atoms with Gasteiger partial charge in [0.05, 0.1) is 5.60 Å². The van der Waals surface area contributed by atoms with Crippen LogP contribution in [0.2, 0.25) is 0 Å². The maximum absolute atomic E-state index is 12.7. The van der Waals surface area contributed by atoms with Gasteiger partial charge < -0.3 is 19.6 Å². The molecule has 3 aliphatic rings. The molecule has 4 heterocycles. The van der Waals surface area contributed by atoms with Gasteiger partial charge in [0.2, 0.25) is 0 Å². The third-order valence-corrected chi connectivity index (χ3v) is 7.13. The highest BCUT2D eigenvalue weighted by atomic mass is 16.5. The molecule has 7 heteroatoms. The Labute approximate surface area is 169 Å². The first-order valence-electron chi connectivity index (χ1n) is 10.3. The molecule has 2 aromatic heterocycles. The zero-order chi connectivity index (χ0) is 19.6. The molecule has 6 rings (SSSR count). The van der Waals surface area contributed by atoms with E-state index in [2.05, 4.69) is 9.97 Å². The van der Waals surface area contributed by atoms with Crippen LogP contribution in [0, 0.1) is 5.41 Å². The number of pyridine rings is 1. The average Bonchev–Trinajstić information content (AvgIpc) is 3.31. The third kappa shape index (κ3) is 2.44. The molecule has 2 N–H and O–H groups in total. The van der Waals surface area contributed by atoms with E-state index in [0.717, 1.165) is 66.4 Å². The molecule has 1 saturated heterocycles. The number of H-pyrrole nitrogens is 1. The summed E-state index contributed by atoms with van der Waals surface area (Å²) in [5, 5.41) is 11.5. The van der Waals surface area contributed by atoms with E-state index in [1.807, 2.05) is 47.5 Å². The third-order valence-electron chi connectivity index (χ3n) is 7.13. The molecule has 0 atom stereocenters. The first-order valence-corrected chi connectivity index (χ1v) is 10.3. The standard InChI is InChI=1S/C22H22BN3O3/c27-20(15-4-2-1-3-5-15)26-10-7-21(8-11-26)13-22(14-21)18-16-6-9-24-19(16)25-12-17(18)23(28)29-22/h1-6,9,12,28H,7-8,10-11,13-14H2,(H,24,25). The quantitative estimate of drug-likeness (QED) is 0.628. The van der Waals surface area contributed by atoms with E-state index in [4.69, 9.17) is 4.65 Å².